The van der Waals surface area contributed by atoms with Crippen LogP contribution in [0, 0.1) is 6.92 Å². The summed E-state index contributed by atoms with van der Waals surface area (Å²) in [5.41, 5.74) is 2.55. The van der Waals surface area contributed by atoms with E-state index in [0.717, 1.165) is 45.0 Å². The van der Waals surface area contributed by atoms with Crippen LogP contribution < -0.4 is 10.1 Å². The average Bonchev–Trinajstić information content (AvgIpc) is 2.50. The smallest absolute Gasteiger partial charge is 0.122 e. The van der Waals surface area contributed by atoms with Gasteiger partial charge in [0.05, 0.1) is 0 Å². The summed E-state index contributed by atoms with van der Waals surface area (Å²) in [6, 6.07) is 6.91. The standard InChI is InChI=1S/C18H32N2O/c1-6-11-19-16(5)17-9-10-18(15(4)14-17)21-13-12-20(7-2)8-3/h9-10,14,16,19H,6-8,11-13H2,1-5H3. The van der Waals surface area contributed by atoms with Crippen LogP contribution in [0.4, 0.5) is 0 Å². The normalized spacial score (nSPS) is 12.7. The molecule has 0 aliphatic rings. The SMILES string of the molecule is CCCNC(C)c1ccc(OCCN(CC)CC)c(C)c1. The average molecular weight is 292 g/mol. The molecule has 1 aromatic carbocycles. The number of hydrogen-bond donors (Lipinski definition) is 1. The van der Waals surface area contributed by atoms with Crippen LogP contribution in [-0.2, 0) is 0 Å². The van der Waals surface area contributed by atoms with Gasteiger partial charge in [-0.3, -0.25) is 0 Å². The van der Waals surface area contributed by atoms with Crippen LogP contribution in [0.15, 0.2) is 18.2 Å². The van der Waals surface area contributed by atoms with E-state index in [2.05, 4.69) is 63.0 Å². The van der Waals surface area contributed by atoms with Gasteiger partial charge in [-0.2, -0.15) is 0 Å². The molecule has 0 radical (unpaired) electrons. The van der Waals surface area contributed by atoms with Crippen molar-refractivity contribution in [3.05, 3.63) is 29.3 Å². The predicted molar refractivity (Wildman–Crippen MR) is 91.2 cm³/mol. The Morgan fingerprint density at radius 1 is 1.19 bits per heavy atom. The van der Waals surface area contributed by atoms with Crippen LogP contribution in [0.2, 0.25) is 0 Å². The highest BCUT2D eigenvalue weighted by molar-refractivity contribution is 5.37. The molecule has 3 nitrogen and oxygen atoms in total. The maximum atomic E-state index is 5.92. The Hall–Kier alpha value is -1.06. The fourth-order valence-electron chi connectivity index (χ4n) is 2.41. The first kappa shape index (κ1) is 18.0. The molecule has 1 aromatic rings. The van der Waals surface area contributed by atoms with E-state index in [1.54, 1.807) is 0 Å². The molecule has 1 atom stereocenters. The van der Waals surface area contributed by atoms with Crippen molar-refractivity contribution < 1.29 is 4.74 Å². The van der Waals surface area contributed by atoms with E-state index in [1.165, 1.54) is 11.1 Å². The monoisotopic (exact) mass is 292 g/mol. The molecule has 1 rings (SSSR count). The molecule has 120 valence electrons. The van der Waals surface area contributed by atoms with Crippen molar-refractivity contribution in [2.75, 3.05) is 32.8 Å². The molecule has 3 heteroatoms. The van der Waals surface area contributed by atoms with Gasteiger partial charge in [0.2, 0.25) is 0 Å². The molecule has 0 saturated heterocycles. The van der Waals surface area contributed by atoms with Gasteiger partial charge in [-0.1, -0.05) is 32.9 Å². The Bertz CT molecular complexity index is 402. The van der Waals surface area contributed by atoms with Gasteiger partial charge in [0.25, 0.3) is 0 Å². The molecule has 0 aliphatic carbocycles. The van der Waals surface area contributed by atoms with Gasteiger partial charge in [0, 0.05) is 12.6 Å². The Labute approximate surface area is 130 Å². The van der Waals surface area contributed by atoms with E-state index in [1.807, 2.05) is 0 Å². The lowest BCUT2D eigenvalue weighted by atomic mass is 10.0. The Balaban J connectivity index is 2.53. The van der Waals surface area contributed by atoms with Crippen LogP contribution in [0.3, 0.4) is 0 Å². The summed E-state index contributed by atoms with van der Waals surface area (Å²) in [6.07, 6.45) is 1.16. The Morgan fingerprint density at radius 2 is 1.90 bits per heavy atom. The number of aryl methyl sites for hydroxylation is 1. The molecule has 0 bridgehead atoms. The van der Waals surface area contributed by atoms with Crippen molar-refractivity contribution in [2.45, 2.75) is 47.1 Å². The molecule has 1 unspecified atom stereocenters. The van der Waals surface area contributed by atoms with Gasteiger partial charge >= 0.3 is 0 Å². The summed E-state index contributed by atoms with van der Waals surface area (Å²) in [5, 5.41) is 3.52. The lowest BCUT2D eigenvalue weighted by Crippen LogP contribution is -2.28. The Morgan fingerprint density at radius 3 is 2.48 bits per heavy atom. The third kappa shape index (κ3) is 6.06. The third-order valence-corrected chi connectivity index (χ3v) is 3.96. The molecule has 0 aromatic heterocycles. The van der Waals surface area contributed by atoms with Gasteiger partial charge in [0.15, 0.2) is 0 Å². The lowest BCUT2D eigenvalue weighted by Gasteiger charge is -2.19. The first-order chi connectivity index (χ1) is 10.1. The van der Waals surface area contributed by atoms with E-state index in [0.29, 0.717) is 6.04 Å². The van der Waals surface area contributed by atoms with Gasteiger partial charge in [0.1, 0.15) is 12.4 Å². The minimum Gasteiger partial charge on any atom is -0.492 e. The first-order valence-corrected chi connectivity index (χ1v) is 8.31. The number of nitrogens with zero attached hydrogens (tertiary/aromatic N) is 1. The van der Waals surface area contributed by atoms with Crippen LogP contribution in [0.25, 0.3) is 0 Å². The number of benzene rings is 1. The van der Waals surface area contributed by atoms with Gasteiger partial charge in [-0.05, 0) is 57.1 Å². The van der Waals surface area contributed by atoms with Crippen LogP contribution in [0.5, 0.6) is 5.75 Å². The number of hydrogen-bond acceptors (Lipinski definition) is 3. The van der Waals surface area contributed by atoms with E-state index < -0.39 is 0 Å². The van der Waals surface area contributed by atoms with E-state index in [4.69, 9.17) is 4.74 Å². The molecule has 0 fully saturated rings. The summed E-state index contributed by atoms with van der Waals surface area (Å²) < 4.78 is 5.92. The molecular formula is C18H32N2O. The summed E-state index contributed by atoms with van der Waals surface area (Å²) in [5.74, 6) is 1.01. The third-order valence-electron chi connectivity index (χ3n) is 3.96. The Kier molecular flexibility index (Phi) is 8.40. The molecule has 1 N–H and O–H groups in total. The van der Waals surface area contributed by atoms with Gasteiger partial charge < -0.3 is 15.0 Å². The molecule has 0 spiro atoms. The molecule has 21 heavy (non-hydrogen) atoms. The molecule has 0 saturated carbocycles. The second kappa shape index (κ2) is 9.80. The number of nitrogens with one attached hydrogen (secondary N) is 1. The highest BCUT2D eigenvalue weighted by atomic mass is 16.5. The van der Waals surface area contributed by atoms with Crippen LogP contribution in [0.1, 0.15) is 51.3 Å². The minimum absolute atomic E-state index is 0.397. The maximum Gasteiger partial charge on any atom is 0.122 e. The zero-order valence-electron chi connectivity index (χ0n) is 14.4. The van der Waals surface area contributed by atoms with Crippen molar-refractivity contribution in [3.63, 3.8) is 0 Å². The van der Waals surface area contributed by atoms with Gasteiger partial charge in [-0.25, -0.2) is 0 Å². The van der Waals surface area contributed by atoms with Crippen molar-refractivity contribution >= 4 is 0 Å². The topological polar surface area (TPSA) is 24.5 Å². The summed E-state index contributed by atoms with van der Waals surface area (Å²) in [6.45, 7) is 15.9. The molecule has 0 amide bonds. The zero-order chi connectivity index (χ0) is 15.7. The van der Waals surface area contributed by atoms with Crippen molar-refractivity contribution in [3.8, 4) is 5.75 Å². The summed E-state index contributed by atoms with van der Waals surface area (Å²) in [7, 11) is 0. The fraction of sp³-hybridized carbons (Fsp3) is 0.667. The first-order valence-electron chi connectivity index (χ1n) is 8.31. The number of rotatable bonds is 10. The zero-order valence-corrected chi connectivity index (χ0v) is 14.4. The lowest BCUT2D eigenvalue weighted by molar-refractivity contribution is 0.222. The number of likely N-dealkylation sites (N-methyl/N-ethyl adjacent to an activating group) is 1. The quantitative estimate of drug-likeness (QED) is 0.710. The van der Waals surface area contributed by atoms with Crippen LogP contribution >= 0.6 is 0 Å². The minimum atomic E-state index is 0.397. The van der Waals surface area contributed by atoms with E-state index in [-0.39, 0.29) is 0 Å². The van der Waals surface area contributed by atoms with Crippen molar-refractivity contribution in [1.82, 2.24) is 10.2 Å². The van der Waals surface area contributed by atoms with Crippen molar-refractivity contribution in [2.24, 2.45) is 0 Å². The maximum absolute atomic E-state index is 5.92. The largest absolute Gasteiger partial charge is 0.492 e. The van der Waals surface area contributed by atoms with E-state index >= 15 is 0 Å². The second-order valence-corrected chi connectivity index (χ2v) is 5.58. The molecule has 0 heterocycles. The number of ether oxygens (including phenoxy) is 1. The summed E-state index contributed by atoms with van der Waals surface area (Å²) >= 11 is 0. The van der Waals surface area contributed by atoms with Gasteiger partial charge in [-0.15, -0.1) is 0 Å². The molecular weight excluding hydrogens is 260 g/mol. The summed E-state index contributed by atoms with van der Waals surface area (Å²) in [4.78, 5) is 2.38. The predicted octanol–water partition coefficient (Wildman–Crippen LogP) is 3.78. The van der Waals surface area contributed by atoms with Crippen LogP contribution in [-0.4, -0.2) is 37.7 Å². The van der Waals surface area contributed by atoms with E-state index in [9.17, 15) is 0 Å². The highest BCUT2D eigenvalue weighted by Crippen LogP contribution is 2.22. The highest BCUT2D eigenvalue weighted by Gasteiger charge is 2.07. The fourth-order valence-corrected chi connectivity index (χ4v) is 2.41. The van der Waals surface area contributed by atoms with Crippen molar-refractivity contribution in [1.29, 1.82) is 0 Å². The molecule has 0 aliphatic heterocycles. The second-order valence-electron chi connectivity index (χ2n) is 5.58.